The van der Waals surface area contributed by atoms with Gasteiger partial charge < -0.3 is 24.8 Å². The van der Waals surface area contributed by atoms with Crippen LogP contribution in [0, 0.1) is 17.3 Å². The summed E-state index contributed by atoms with van der Waals surface area (Å²) in [6.07, 6.45) is 3.04. The van der Waals surface area contributed by atoms with Gasteiger partial charge in [0.2, 0.25) is 11.8 Å². The fraction of sp³-hybridized carbons (Fsp3) is 0.800. The molecular weight excluding hydrogens is 482 g/mol. The minimum Gasteiger partial charge on any atom is -0.375 e. The monoisotopic (exact) mass is 539 g/mol. The van der Waals surface area contributed by atoms with E-state index in [1.54, 1.807) is 0 Å². The third-order valence-electron chi connectivity index (χ3n) is 8.14. The molecule has 0 saturated carbocycles. The molecular formula is C30H57N3O5. The van der Waals surface area contributed by atoms with Gasteiger partial charge in [0.15, 0.2) is 0 Å². The summed E-state index contributed by atoms with van der Waals surface area (Å²) in [5.41, 5.74) is -1.45. The van der Waals surface area contributed by atoms with Crippen molar-refractivity contribution in [1.82, 2.24) is 16.0 Å². The van der Waals surface area contributed by atoms with Crippen molar-refractivity contribution >= 4 is 11.8 Å². The first-order chi connectivity index (χ1) is 17.2. The molecule has 0 aliphatic rings. The Morgan fingerprint density at radius 3 is 1.89 bits per heavy atom. The SMILES string of the molecule is C=CC(=O)NC(C)CC(C)(C)OCC(C)C(C)(C)C(C)(C)OCNC(C)OCC(C)C(C)(C)NC(=O)C=C. The Labute approximate surface area is 232 Å². The van der Waals surface area contributed by atoms with E-state index >= 15 is 0 Å². The lowest BCUT2D eigenvalue weighted by atomic mass is 9.68. The molecule has 0 aromatic heterocycles. The molecule has 0 fully saturated rings. The fourth-order valence-corrected chi connectivity index (χ4v) is 3.87. The first-order valence-electron chi connectivity index (χ1n) is 13.7. The normalized spacial score (nSPS) is 16.2. The van der Waals surface area contributed by atoms with E-state index in [4.69, 9.17) is 14.2 Å². The van der Waals surface area contributed by atoms with Crippen molar-refractivity contribution in [2.45, 2.75) is 119 Å². The van der Waals surface area contributed by atoms with Crippen LogP contribution in [0.2, 0.25) is 0 Å². The van der Waals surface area contributed by atoms with E-state index in [9.17, 15) is 9.59 Å². The number of ether oxygens (including phenoxy) is 3. The van der Waals surface area contributed by atoms with Gasteiger partial charge in [-0.05, 0) is 85.3 Å². The first kappa shape index (κ1) is 36.3. The molecule has 0 aromatic rings. The minimum absolute atomic E-state index is 0.0196. The summed E-state index contributed by atoms with van der Waals surface area (Å²) < 4.78 is 18.6. The van der Waals surface area contributed by atoms with Gasteiger partial charge >= 0.3 is 0 Å². The number of hydrogen-bond acceptors (Lipinski definition) is 6. The van der Waals surface area contributed by atoms with E-state index < -0.39 is 16.7 Å². The molecule has 0 aliphatic carbocycles. The lowest BCUT2D eigenvalue weighted by Crippen LogP contribution is -2.50. The van der Waals surface area contributed by atoms with Crippen LogP contribution < -0.4 is 16.0 Å². The number of rotatable bonds is 19. The molecule has 0 aliphatic heterocycles. The second kappa shape index (κ2) is 15.2. The summed E-state index contributed by atoms with van der Waals surface area (Å²) in [6, 6.07) is -0.0196. The largest absolute Gasteiger partial charge is 0.375 e. The zero-order valence-corrected chi connectivity index (χ0v) is 26.2. The van der Waals surface area contributed by atoms with Gasteiger partial charge in [-0.15, -0.1) is 0 Å². The molecule has 8 heteroatoms. The van der Waals surface area contributed by atoms with Crippen LogP contribution in [0.3, 0.4) is 0 Å². The highest BCUT2D eigenvalue weighted by molar-refractivity contribution is 5.87. The standard InChI is InChI=1S/C30H57N3O5/c1-15-25(34)32-23(5)17-27(7,8)37-19-21(3)28(9,10)30(13,14)38-20-31-24(6)36-18-22(4)29(11,12)33-26(35)16-2/h15-16,21-24,31H,1-2,17-20H2,3-14H3,(H,32,34)(H,33,35). The average Bonchev–Trinajstić information content (AvgIpc) is 2.79. The number of hydrogen-bond donors (Lipinski definition) is 3. The van der Waals surface area contributed by atoms with Crippen molar-refractivity contribution in [3.8, 4) is 0 Å². The molecule has 0 saturated heterocycles. The topological polar surface area (TPSA) is 97.9 Å². The molecule has 0 radical (unpaired) electrons. The van der Waals surface area contributed by atoms with Gasteiger partial charge in [-0.2, -0.15) is 0 Å². The van der Waals surface area contributed by atoms with Gasteiger partial charge in [0.25, 0.3) is 0 Å². The van der Waals surface area contributed by atoms with Crippen LogP contribution in [-0.4, -0.2) is 60.8 Å². The average molecular weight is 540 g/mol. The molecule has 0 rings (SSSR count). The third kappa shape index (κ3) is 12.4. The lowest BCUT2D eigenvalue weighted by Gasteiger charge is -2.46. The highest BCUT2D eigenvalue weighted by Gasteiger charge is 2.43. The van der Waals surface area contributed by atoms with Crippen molar-refractivity contribution in [2.24, 2.45) is 17.3 Å². The molecule has 4 unspecified atom stereocenters. The van der Waals surface area contributed by atoms with E-state index in [1.807, 2.05) is 48.5 Å². The van der Waals surface area contributed by atoms with E-state index in [2.05, 4.69) is 63.7 Å². The summed E-state index contributed by atoms with van der Waals surface area (Å²) in [5, 5.41) is 9.13. The smallest absolute Gasteiger partial charge is 0.243 e. The number of nitrogens with one attached hydrogen (secondary N) is 3. The Hall–Kier alpha value is -1.74. The Morgan fingerprint density at radius 2 is 1.37 bits per heavy atom. The van der Waals surface area contributed by atoms with Gasteiger partial charge in [-0.1, -0.05) is 40.9 Å². The molecule has 222 valence electrons. The zero-order chi connectivity index (χ0) is 29.9. The third-order valence-corrected chi connectivity index (χ3v) is 8.14. The summed E-state index contributed by atoms with van der Waals surface area (Å²) in [5.74, 6) is -0.0675. The summed E-state index contributed by atoms with van der Waals surface area (Å²) in [6.45, 7) is 33.2. The zero-order valence-electron chi connectivity index (χ0n) is 26.2. The molecule has 0 aromatic carbocycles. The Morgan fingerprint density at radius 1 is 0.816 bits per heavy atom. The minimum atomic E-state index is -0.442. The molecule has 0 bridgehead atoms. The summed E-state index contributed by atoms with van der Waals surface area (Å²) >= 11 is 0. The van der Waals surface area contributed by atoms with Crippen molar-refractivity contribution in [3.63, 3.8) is 0 Å². The van der Waals surface area contributed by atoms with Gasteiger partial charge in [-0.3, -0.25) is 14.9 Å². The summed E-state index contributed by atoms with van der Waals surface area (Å²) in [4.78, 5) is 23.3. The maximum Gasteiger partial charge on any atom is 0.243 e. The van der Waals surface area contributed by atoms with Gasteiger partial charge in [0.1, 0.15) is 6.23 Å². The highest BCUT2D eigenvalue weighted by Crippen LogP contribution is 2.41. The van der Waals surface area contributed by atoms with Crippen molar-refractivity contribution in [1.29, 1.82) is 0 Å². The fourth-order valence-electron chi connectivity index (χ4n) is 3.87. The molecule has 2 amide bonds. The maximum absolute atomic E-state index is 11.7. The second-order valence-electron chi connectivity index (χ2n) is 12.8. The molecule has 4 atom stereocenters. The number of carbonyl (C=O) groups excluding carboxylic acids is 2. The van der Waals surface area contributed by atoms with E-state index in [0.29, 0.717) is 26.4 Å². The second-order valence-corrected chi connectivity index (χ2v) is 12.8. The first-order valence-corrected chi connectivity index (χ1v) is 13.7. The molecule has 3 N–H and O–H groups in total. The number of carbonyl (C=O) groups is 2. The Kier molecular flexibility index (Phi) is 14.5. The molecule has 8 nitrogen and oxygen atoms in total. The van der Waals surface area contributed by atoms with Crippen LogP contribution in [0.4, 0.5) is 0 Å². The van der Waals surface area contributed by atoms with E-state index in [1.165, 1.54) is 12.2 Å². The van der Waals surface area contributed by atoms with Gasteiger partial charge in [0, 0.05) is 17.5 Å². The highest BCUT2D eigenvalue weighted by atomic mass is 16.5. The van der Waals surface area contributed by atoms with Gasteiger partial charge in [-0.25, -0.2) is 0 Å². The van der Waals surface area contributed by atoms with E-state index in [0.717, 1.165) is 0 Å². The molecule has 0 spiro atoms. The van der Waals surface area contributed by atoms with Crippen LogP contribution in [0.25, 0.3) is 0 Å². The van der Waals surface area contributed by atoms with Crippen LogP contribution in [0.15, 0.2) is 25.3 Å². The molecule has 38 heavy (non-hydrogen) atoms. The van der Waals surface area contributed by atoms with Crippen molar-refractivity contribution in [3.05, 3.63) is 25.3 Å². The maximum atomic E-state index is 11.7. The van der Waals surface area contributed by atoms with Gasteiger partial charge in [0.05, 0.1) is 31.1 Å². The Bertz CT molecular complexity index is 776. The van der Waals surface area contributed by atoms with Crippen LogP contribution in [0.1, 0.15) is 89.5 Å². The number of amides is 2. The van der Waals surface area contributed by atoms with E-state index in [-0.39, 0.29) is 41.3 Å². The lowest BCUT2D eigenvalue weighted by molar-refractivity contribution is -0.152. The quantitative estimate of drug-likeness (QED) is 0.159. The van der Waals surface area contributed by atoms with Crippen LogP contribution in [-0.2, 0) is 23.8 Å². The Balaban J connectivity index is 4.75. The molecule has 0 heterocycles. The summed E-state index contributed by atoms with van der Waals surface area (Å²) in [7, 11) is 0. The van der Waals surface area contributed by atoms with Crippen molar-refractivity contribution in [2.75, 3.05) is 19.9 Å². The predicted molar refractivity (Wildman–Crippen MR) is 156 cm³/mol. The van der Waals surface area contributed by atoms with Crippen LogP contribution >= 0.6 is 0 Å². The van der Waals surface area contributed by atoms with Crippen molar-refractivity contribution < 1.29 is 23.8 Å². The van der Waals surface area contributed by atoms with Crippen LogP contribution in [0.5, 0.6) is 0 Å². The predicted octanol–water partition coefficient (Wildman–Crippen LogP) is 4.95.